The fourth-order valence-electron chi connectivity index (χ4n) is 5.03. The summed E-state index contributed by atoms with van der Waals surface area (Å²) in [6, 6.07) is 32.6. The molecule has 3 nitrogen and oxygen atoms in total. The van der Waals surface area contributed by atoms with Gasteiger partial charge in [-0.2, -0.15) is 0 Å². The van der Waals surface area contributed by atoms with Crippen LogP contribution < -0.4 is 4.74 Å². The highest BCUT2D eigenvalue weighted by Crippen LogP contribution is 2.48. The Balaban J connectivity index is 1.84. The second kappa shape index (κ2) is 9.21. The Bertz CT molecular complexity index is 1460. The molecule has 0 saturated heterocycles. The van der Waals surface area contributed by atoms with Crippen molar-refractivity contribution in [1.29, 1.82) is 0 Å². The third-order valence-corrected chi connectivity index (χ3v) is 7.17. The van der Waals surface area contributed by atoms with Gasteiger partial charge in [0.05, 0.1) is 12.6 Å². The molecule has 0 saturated carbocycles. The van der Waals surface area contributed by atoms with Crippen molar-refractivity contribution in [2.45, 2.75) is 24.9 Å². The number of benzene rings is 4. The predicted octanol–water partition coefficient (Wildman–Crippen LogP) is 7.59. The summed E-state index contributed by atoms with van der Waals surface area (Å²) in [5, 5.41) is 15.7. The lowest BCUT2D eigenvalue weighted by Crippen LogP contribution is -2.34. The molecule has 0 fully saturated rings. The molecular formula is C30H26BrNO2. The van der Waals surface area contributed by atoms with Gasteiger partial charge < -0.3 is 9.84 Å². The first-order valence-electron chi connectivity index (χ1n) is 11.4. The molecule has 2 atom stereocenters. The van der Waals surface area contributed by atoms with Crippen LogP contribution in [0.3, 0.4) is 0 Å². The lowest BCUT2D eigenvalue weighted by Gasteiger charge is -2.38. The van der Waals surface area contributed by atoms with E-state index in [4.69, 9.17) is 9.72 Å². The van der Waals surface area contributed by atoms with Crippen molar-refractivity contribution in [3.63, 3.8) is 0 Å². The number of hydrogen-bond donors (Lipinski definition) is 1. The minimum absolute atomic E-state index is 0.393. The Morgan fingerprint density at radius 3 is 2.38 bits per heavy atom. The van der Waals surface area contributed by atoms with Crippen molar-refractivity contribution >= 4 is 37.6 Å². The molecule has 34 heavy (non-hydrogen) atoms. The highest BCUT2D eigenvalue weighted by atomic mass is 79.9. The summed E-state index contributed by atoms with van der Waals surface area (Å²) >= 11 is 3.58. The maximum atomic E-state index is 12.6. The fraction of sp³-hybridized carbons (Fsp3) is 0.167. The van der Waals surface area contributed by atoms with Crippen molar-refractivity contribution in [3.8, 4) is 5.88 Å². The van der Waals surface area contributed by atoms with Crippen molar-refractivity contribution < 1.29 is 9.84 Å². The standard InChI is InChI=1S/C30H26BrNO2/c1-3-30(33,26-15-9-13-20-10-7-8-14-24(20)26)28(21-11-5-4-6-12-21)25-19-22-18-23(31)16-17-27(22)32-29(25)34-2/h4-19,28,33H,3H2,1-2H3. The SMILES string of the molecule is CCC(O)(c1cccc2ccccc12)C(c1ccccc1)c1cc2cc(Br)ccc2nc1OC. The molecule has 1 N–H and O–H groups in total. The Hall–Kier alpha value is -3.21. The fourth-order valence-corrected chi connectivity index (χ4v) is 5.41. The van der Waals surface area contributed by atoms with Crippen LogP contribution in [0.25, 0.3) is 21.7 Å². The molecule has 0 aliphatic rings. The molecule has 170 valence electrons. The van der Waals surface area contributed by atoms with Crippen molar-refractivity contribution in [3.05, 3.63) is 118 Å². The van der Waals surface area contributed by atoms with Gasteiger partial charge in [0.15, 0.2) is 0 Å². The number of nitrogens with zero attached hydrogens (tertiary/aromatic N) is 1. The minimum Gasteiger partial charge on any atom is -0.481 e. The molecule has 5 rings (SSSR count). The number of rotatable bonds is 6. The van der Waals surface area contributed by atoms with Crippen LogP contribution in [0.4, 0.5) is 0 Å². The Labute approximate surface area is 208 Å². The molecule has 0 bridgehead atoms. The van der Waals surface area contributed by atoms with Gasteiger partial charge in [-0.1, -0.05) is 95.7 Å². The first-order chi connectivity index (χ1) is 16.5. The monoisotopic (exact) mass is 511 g/mol. The molecule has 1 heterocycles. The molecule has 4 aromatic carbocycles. The Morgan fingerprint density at radius 1 is 0.882 bits per heavy atom. The second-order valence-electron chi connectivity index (χ2n) is 8.57. The molecule has 0 aliphatic heterocycles. The average Bonchev–Trinajstić information content (AvgIpc) is 2.88. The van der Waals surface area contributed by atoms with Gasteiger partial charge in [0.2, 0.25) is 5.88 Å². The summed E-state index contributed by atoms with van der Waals surface area (Å²) in [7, 11) is 1.64. The van der Waals surface area contributed by atoms with Gasteiger partial charge in [0.25, 0.3) is 0 Å². The summed E-state index contributed by atoms with van der Waals surface area (Å²) in [5.41, 5.74) is 2.42. The minimum atomic E-state index is -1.20. The maximum absolute atomic E-state index is 12.6. The van der Waals surface area contributed by atoms with E-state index in [1.165, 1.54) is 0 Å². The number of ether oxygens (including phenoxy) is 1. The largest absolute Gasteiger partial charge is 0.481 e. The summed E-state index contributed by atoms with van der Waals surface area (Å²) < 4.78 is 6.80. The number of pyridine rings is 1. The Morgan fingerprint density at radius 2 is 1.62 bits per heavy atom. The first-order valence-corrected chi connectivity index (χ1v) is 12.2. The molecule has 0 amide bonds. The van der Waals surface area contributed by atoms with Gasteiger partial charge in [-0.3, -0.25) is 0 Å². The summed E-state index contributed by atoms with van der Waals surface area (Å²) in [5.74, 6) is 0.131. The van der Waals surface area contributed by atoms with Crippen LogP contribution in [-0.4, -0.2) is 17.2 Å². The summed E-state index contributed by atoms with van der Waals surface area (Å²) in [6.45, 7) is 2.04. The van der Waals surface area contributed by atoms with Crippen LogP contribution in [0.1, 0.15) is 36.0 Å². The lowest BCUT2D eigenvalue weighted by atomic mass is 9.71. The molecule has 2 unspecified atom stereocenters. The van der Waals surface area contributed by atoms with Gasteiger partial charge in [-0.15, -0.1) is 0 Å². The van der Waals surface area contributed by atoms with E-state index in [1.807, 2.05) is 61.5 Å². The number of fused-ring (bicyclic) bond motifs is 2. The van der Waals surface area contributed by atoms with E-state index in [9.17, 15) is 5.11 Å². The van der Waals surface area contributed by atoms with E-state index >= 15 is 0 Å². The predicted molar refractivity (Wildman–Crippen MR) is 142 cm³/mol. The van der Waals surface area contributed by atoms with Gasteiger partial charge in [-0.05, 0) is 52.6 Å². The molecule has 1 aromatic heterocycles. The van der Waals surface area contributed by atoms with E-state index in [1.54, 1.807) is 7.11 Å². The molecule has 0 aliphatic carbocycles. The molecule has 0 spiro atoms. The molecular weight excluding hydrogens is 486 g/mol. The number of aromatic nitrogens is 1. The quantitative estimate of drug-likeness (QED) is 0.255. The van der Waals surface area contributed by atoms with E-state index in [-0.39, 0.29) is 0 Å². The maximum Gasteiger partial charge on any atom is 0.217 e. The number of aliphatic hydroxyl groups is 1. The Kier molecular flexibility index (Phi) is 6.11. The van der Waals surface area contributed by atoms with Gasteiger partial charge in [0, 0.05) is 21.3 Å². The van der Waals surface area contributed by atoms with Gasteiger partial charge in [0.1, 0.15) is 5.60 Å². The van der Waals surface area contributed by atoms with Gasteiger partial charge in [-0.25, -0.2) is 4.98 Å². The number of hydrogen-bond acceptors (Lipinski definition) is 3. The second-order valence-corrected chi connectivity index (χ2v) is 9.49. The van der Waals surface area contributed by atoms with Crippen LogP contribution in [0.5, 0.6) is 5.88 Å². The van der Waals surface area contributed by atoms with Crippen molar-refractivity contribution in [2.75, 3.05) is 7.11 Å². The molecule has 5 aromatic rings. The molecule has 4 heteroatoms. The average molecular weight is 512 g/mol. The van der Waals surface area contributed by atoms with Crippen molar-refractivity contribution in [2.24, 2.45) is 0 Å². The van der Waals surface area contributed by atoms with Gasteiger partial charge >= 0.3 is 0 Å². The third-order valence-electron chi connectivity index (χ3n) is 6.68. The van der Waals surface area contributed by atoms with E-state index in [0.29, 0.717) is 12.3 Å². The van der Waals surface area contributed by atoms with E-state index in [0.717, 1.165) is 42.8 Å². The number of methoxy groups -OCH3 is 1. The third kappa shape index (κ3) is 3.87. The van der Waals surface area contributed by atoms with Crippen LogP contribution in [0.15, 0.2) is 102 Å². The van der Waals surface area contributed by atoms with Crippen LogP contribution in [-0.2, 0) is 5.60 Å². The normalized spacial score (nSPS) is 14.1. The smallest absolute Gasteiger partial charge is 0.217 e. The van der Waals surface area contributed by atoms with E-state index < -0.39 is 11.5 Å². The highest BCUT2D eigenvalue weighted by molar-refractivity contribution is 9.10. The number of halogens is 1. The zero-order valence-electron chi connectivity index (χ0n) is 19.2. The summed E-state index contributed by atoms with van der Waals surface area (Å²) in [6.07, 6.45) is 0.514. The van der Waals surface area contributed by atoms with Crippen LogP contribution >= 0.6 is 15.9 Å². The topological polar surface area (TPSA) is 42.4 Å². The molecule has 0 radical (unpaired) electrons. The first kappa shape index (κ1) is 22.6. The van der Waals surface area contributed by atoms with Crippen LogP contribution in [0, 0.1) is 0 Å². The van der Waals surface area contributed by atoms with Crippen LogP contribution in [0.2, 0.25) is 0 Å². The highest BCUT2D eigenvalue weighted by Gasteiger charge is 2.42. The zero-order valence-corrected chi connectivity index (χ0v) is 20.8. The lowest BCUT2D eigenvalue weighted by molar-refractivity contribution is 0.0158. The van der Waals surface area contributed by atoms with Crippen molar-refractivity contribution in [1.82, 2.24) is 4.98 Å². The van der Waals surface area contributed by atoms with E-state index in [2.05, 4.69) is 58.4 Å². The zero-order chi connectivity index (χ0) is 23.7. The summed E-state index contributed by atoms with van der Waals surface area (Å²) in [4.78, 5) is 4.83.